The Morgan fingerprint density at radius 3 is 2.69 bits per heavy atom. The van der Waals surface area contributed by atoms with Crippen LogP contribution in [0.3, 0.4) is 0 Å². The van der Waals surface area contributed by atoms with Gasteiger partial charge in [-0.3, -0.25) is 9.78 Å². The normalized spacial score (nSPS) is 19.1. The third-order valence-corrected chi connectivity index (χ3v) is 6.85. The molecule has 0 aliphatic carbocycles. The number of fused-ring (bicyclic) bond motifs is 1. The molecular formula is C20H23FN2O5S. The lowest BCUT2D eigenvalue weighted by molar-refractivity contribution is -0.141. The molecule has 0 spiro atoms. The maximum atomic E-state index is 13.4. The predicted octanol–water partition coefficient (Wildman–Crippen LogP) is 2.26. The van der Waals surface area contributed by atoms with Gasteiger partial charge < -0.3 is 9.64 Å². The van der Waals surface area contributed by atoms with Crippen molar-refractivity contribution < 1.29 is 27.1 Å². The molecule has 1 aliphatic rings. The van der Waals surface area contributed by atoms with Crippen LogP contribution in [0.15, 0.2) is 24.3 Å². The third-order valence-electron chi connectivity index (χ3n) is 5.09. The van der Waals surface area contributed by atoms with E-state index in [0.29, 0.717) is 29.6 Å². The van der Waals surface area contributed by atoms with Crippen LogP contribution in [-0.2, 0) is 19.4 Å². The molecule has 1 fully saturated rings. The van der Waals surface area contributed by atoms with Crippen molar-refractivity contribution in [2.24, 2.45) is 0 Å². The zero-order chi connectivity index (χ0) is 21.3. The molecule has 156 valence electrons. The fraction of sp³-hybridized carbons (Fsp3) is 0.450. The second kappa shape index (κ2) is 8.06. The highest BCUT2D eigenvalue weighted by molar-refractivity contribution is 7.91. The topological polar surface area (TPSA) is 93.6 Å². The molecule has 2 atom stereocenters. The van der Waals surface area contributed by atoms with Crippen molar-refractivity contribution >= 4 is 32.6 Å². The molecule has 0 bridgehead atoms. The van der Waals surface area contributed by atoms with Gasteiger partial charge in [-0.25, -0.2) is 17.6 Å². The fourth-order valence-corrected chi connectivity index (χ4v) is 5.30. The number of ether oxygens (including phenoxy) is 1. The monoisotopic (exact) mass is 422 g/mol. The van der Waals surface area contributed by atoms with Crippen LogP contribution in [0, 0.1) is 12.7 Å². The van der Waals surface area contributed by atoms with E-state index in [0.717, 1.165) is 0 Å². The molecule has 0 unspecified atom stereocenters. The number of amides is 1. The summed E-state index contributed by atoms with van der Waals surface area (Å²) in [5.74, 6) is -1.59. The molecule has 9 heteroatoms. The van der Waals surface area contributed by atoms with Crippen LogP contribution in [0.5, 0.6) is 0 Å². The maximum Gasteiger partial charge on any atom is 0.340 e. The van der Waals surface area contributed by atoms with Gasteiger partial charge in [0.15, 0.2) is 15.9 Å². The van der Waals surface area contributed by atoms with Gasteiger partial charge >= 0.3 is 5.97 Å². The molecule has 1 aromatic carbocycles. The molecule has 2 heterocycles. The van der Waals surface area contributed by atoms with E-state index in [-0.39, 0.29) is 17.1 Å². The summed E-state index contributed by atoms with van der Waals surface area (Å²) >= 11 is 0. The number of nitrogens with zero attached hydrogens (tertiary/aromatic N) is 2. The minimum atomic E-state index is -3.14. The van der Waals surface area contributed by atoms with Crippen LogP contribution in [0.1, 0.15) is 36.3 Å². The lowest BCUT2D eigenvalue weighted by Crippen LogP contribution is -2.46. The Morgan fingerprint density at radius 1 is 1.34 bits per heavy atom. The van der Waals surface area contributed by atoms with E-state index in [1.807, 2.05) is 0 Å². The van der Waals surface area contributed by atoms with Gasteiger partial charge in [0.25, 0.3) is 5.91 Å². The Labute approximate surface area is 168 Å². The lowest BCUT2D eigenvalue weighted by Gasteiger charge is -2.29. The molecule has 3 rings (SSSR count). The first kappa shape index (κ1) is 21.2. The number of sulfone groups is 1. The standard InChI is InChI=1S/C20H23FN2O5S/c1-4-23(16-7-8-29(26,27)11-16)19(24)13(3)28-20(25)17-9-14-5-6-15(21)10-18(14)22-12(17)2/h5-6,9-10,13,16H,4,7-8,11H2,1-3H3/t13-,16+/m1/s1. The van der Waals surface area contributed by atoms with Crippen LogP contribution in [0.25, 0.3) is 10.9 Å². The summed E-state index contributed by atoms with van der Waals surface area (Å²) in [6.07, 6.45) is -0.693. The van der Waals surface area contributed by atoms with Crippen molar-refractivity contribution in [2.75, 3.05) is 18.1 Å². The van der Waals surface area contributed by atoms with E-state index in [9.17, 15) is 22.4 Å². The molecule has 2 aromatic rings. The average Bonchev–Trinajstić information content (AvgIpc) is 3.00. The summed E-state index contributed by atoms with van der Waals surface area (Å²) in [7, 11) is -3.14. The minimum Gasteiger partial charge on any atom is -0.449 e. The Morgan fingerprint density at radius 2 is 2.07 bits per heavy atom. The number of halogens is 1. The zero-order valence-electron chi connectivity index (χ0n) is 16.5. The van der Waals surface area contributed by atoms with Gasteiger partial charge in [-0.15, -0.1) is 0 Å². The Hall–Kier alpha value is -2.55. The van der Waals surface area contributed by atoms with Gasteiger partial charge in [0.05, 0.1) is 28.3 Å². The molecule has 1 amide bonds. The van der Waals surface area contributed by atoms with Crippen LogP contribution in [0.4, 0.5) is 4.39 Å². The molecule has 7 nitrogen and oxygen atoms in total. The molecule has 1 aliphatic heterocycles. The van der Waals surface area contributed by atoms with Gasteiger partial charge in [-0.1, -0.05) is 0 Å². The summed E-state index contributed by atoms with van der Waals surface area (Å²) in [4.78, 5) is 31.1. The first-order valence-electron chi connectivity index (χ1n) is 9.40. The Balaban J connectivity index is 1.75. The number of carbonyl (C=O) groups is 2. The second-order valence-corrected chi connectivity index (χ2v) is 9.42. The van der Waals surface area contributed by atoms with Crippen molar-refractivity contribution in [1.82, 2.24) is 9.88 Å². The van der Waals surface area contributed by atoms with Gasteiger partial charge in [-0.2, -0.15) is 0 Å². The molecule has 0 radical (unpaired) electrons. The number of hydrogen-bond donors (Lipinski definition) is 0. The third kappa shape index (κ3) is 4.55. The number of likely N-dealkylation sites (N-methyl/N-ethyl adjacent to an activating group) is 1. The van der Waals surface area contributed by atoms with Gasteiger partial charge in [0, 0.05) is 24.0 Å². The molecule has 0 saturated carbocycles. The second-order valence-electron chi connectivity index (χ2n) is 7.19. The highest BCUT2D eigenvalue weighted by Gasteiger charge is 2.36. The van der Waals surface area contributed by atoms with Crippen molar-refractivity contribution in [1.29, 1.82) is 0 Å². The van der Waals surface area contributed by atoms with E-state index >= 15 is 0 Å². The summed E-state index contributed by atoms with van der Waals surface area (Å²) in [5.41, 5.74) is 0.972. The molecular weight excluding hydrogens is 399 g/mol. The summed E-state index contributed by atoms with van der Waals surface area (Å²) < 4.78 is 42.2. The maximum absolute atomic E-state index is 13.4. The first-order chi connectivity index (χ1) is 13.6. The molecule has 29 heavy (non-hydrogen) atoms. The van der Waals surface area contributed by atoms with Crippen LogP contribution in [0.2, 0.25) is 0 Å². The van der Waals surface area contributed by atoms with Gasteiger partial charge in [0.2, 0.25) is 0 Å². The largest absolute Gasteiger partial charge is 0.449 e. The first-order valence-corrected chi connectivity index (χ1v) is 11.2. The molecule has 1 aromatic heterocycles. The quantitative estimate of drug-likeness (QED) is 0.686. The number of aromatic nitrogens is 1. The summed E-state index contributed by atoms with van der Waals surface area (Å²) in [6, 6.07) is 5.21. The smallest absolute Gasteiger partial charge is 0.340 e. The number of esters is 1. The van der Waals surface area contributed by atoms with Crippen molar-refractivity contribution in [2.45, 2.75) is 39.3 Å². The highest BCUT2D eigenvalue weighted by Crippen LogP contribution is 2.21. The zero-order valence-corrected chi connectivity index (χ0v) is 17.3. The summed E-state index contributed by atoms with van der Waals surface area (Å²) in [5, 5.41) is 0.578. The van der Waals surface area contributed by atoms with Crippen LogP contribution in [-0.4, -0.2) is 60.4 Å². The van der Waals surface area contributed by atoms with E-state index < -0.39 is 39.7 Å². The van der Waals surface area contributed by atoms with Crippen LogP contribution < -0.4 is 0 Å². The Kier molecular flexibility index (Phi) is 5.88. The fourth-order valence-electron chi connectivity index (χ4n) is 3.57. The van der Waals surface area contributed by atoms with E-state index in [4.69, 9.17) is 4.74 Å². The van der Waals surface area contributed by atoms with Gasteiger partial charge in [-0.05, 0) is 45.4 Å². The SMILES string of the molecule is CCN(C(=O)[C@@H](C)OC(=O)c1cc2ccc(F)cc2nc1C)[C@H]1CCS(=O)(=O)C1. The van der Waals surface area contributed by atoms with E-state index in [1.165, 1.54) is 30.0 Å². The number of rotatable bonds is 5. The predicted molar refractivity (Wildman–Crippen MR) is 106 cm³/mol. The van der Waals surface area contributed by atoms with Crippen molar-refractivity contribution in [3.63, 3.8) is 0 Å². The Bertz CT molecular complexity index is 1070. The average molecular weight is 422 g/mol. The molecule has 0 N–H and O–H groups in total. The summed E-state index contributed by atoms with van der Waals surface area (Å²) in [6.45, 7) is 5.15. The van der Waals surface area contributed by atoms with E-state index in [1.54, 1.807) is 19.9 Å². The highest BCUT2D eigenvalue weighted by atomic mass is 32.2. The van der Waals surface area contributed by atoms with Crippen LogP contribution >= 0.6 is 0 Å². The van der Waals surface area contributed by atoms with E-state index in [2.05, 4.69) is 4.98 Å². The van der Waals surface area contributed by atoms with Crippen molar-refractivity contribution in [3.05, 3.63) is 41.3 Å². The number of carbonyl (C=O) groups excluding carboxylic acids is 2. The molecule has 1 saturated heterocycles. The van der Waals surface area contributed by atoms with Crippen molar-refractivity contribution in [3.8, 4) is 0 Å². The number of aryl methyl sites for hydroxylation is 1. The number of benzene rings is 1. The number of hydrogen-bond acceptors (Lipinski definition) is 6. The van der Waals surface area contributed by atoms with Gasteiger partial charge in [0.1, 0.15) is 5.82 Å². The minimum absolute atomic E-state index is 0.0537. The lowest BCUT2D eigenvalue weighted by atomic mass is 10.1. The number of pyridine rings is 1.